The number of carbonyl (C=O) groups is 1. The number of hydrogen-bond acceptors (Lipinski definition) is 5. The summed E-state index contributed by atoms with van der Waals surface area (Å²) < 4.78 is 40.1. The second kappa shape index (κ2) is 6.68. The van der Waals surface area contributed by atoms with Crippen LogP contribution in [0.25, 0.3) is 10.4 Å². The summed E-state index contributed by atoms with van der Waals surface area (Å²) in [6.07, 6.45) is -5.66. The third kappa shape index (κ3) is 3.79. The van der Waals surface area contributed by atoms with Gasteiger partial charge in [0.25, 0.3) is 0 Å². The average molecular weight is 393 g/mol. The molecule has 0 unspecified atom stereocenters. The minimum atomic E-state index is -4.64. The van der Waals surface area contributed by atoms with Crippen LogP contribution in [0.15, 0.2) is 18.2 Å². The highest BCUT2D eigenvalue weighted by atomic mass is 35.5. The molecule has 3 heterocycles. The molecule has 1 amide bonds. The van der Waals surface area contributed by atoms with E-state index in [1.807, 2.05) is 0 Å². The van der Waals surface area contributed by atoms with Crippen LogP contribution in [-0.4, -0.2) is 52.5 Å². The fourth-order valence-electron chi connectivity index (χ4n) is 2.52. The molecule has 0 bridgehead atoms. The molecule has 0 spiro atoms. The van der Waals surface area contributed by atoms with Crippen molar-refractivity contribution < 1.29 is 23.1 Å². The van der Waals surface area contributed by atoms with Crippen LogP contribution in [0.4, 0.5) is 23.8 Å². The van der Waals surface area contributed by atoms with Gasteiger partial charge in [-0.25, -0.2) is 4.79 Å². The van der Waals surface area contributed by atoms with Crippen LogP contribution in [0.3, 0.4) is 0 Å². The molecule has 2 aromatic rings. The predicted octanol–water partition coefficient (Wildman–Crippen LogP) is 3.68. The molecular formula is C14H12ClF3N4O2S. The predicted molar refractivity (Wildman–Crippen MR) is 87.2 cm³/mol. The summed E-state index contributed by atoms with van der Waals surface area (Å²) in [5, 5.41) is 16.0. The van der Waals surface area contributed by atoms with Crippen LogP contribution in [0.1, 0.15) is 5.69 Å². The van der Waals surface area contributed by atoms with Gasteiger partial charge in [-0.15, -0.1) is 21.5 Å². The number of rotatable bonds is 2. The highest BCUT2D eigenvalue weighted by Gasteiger charge is 2.37. The normalized spacial score (nSPS) is 15.5. The van der Waals surface area contributed by atoms with Gasteiger partial charge in [0.05, 0.1) is 4.34 Å². The molecule has 6 nitrogen and oxygen atoms in total. The zero-order valence-electron chi connectivity index (χ0n) is 12.6. The highest BCUT2D eigenvalue weighted by Crippen LogP contribution is 2.40. The Hall–Kier alpha value is -2.07. The second-order valence-electron chi connectivity index (χ2n) is 5.32. The highest BCUT2D eigenvalue weighted by molar-refractivity contribution is 7.19. The zero-order valence-corrected chi connectivity index (χ0v) is 14.2. The van der Waals surface area contributed by atoms with Crippen molar-refractivity contribution in [2.45, 2.75) is 6.18 Å². The number of alkyl halides is 3. The van der Waals surface area contributed by atoms with Crippen molar-refractivity contribution in [2.24, 2.45) is 0 Å². The van der Waals surface area contributed by atoms with Gasteiger partial charge in [-0.1, -0.05) is 11.6 Å². The maximum absolute atomic E-state index is 13.2. The van der Waals surface area contributed by atoms with Crippen molar-refractivity contribution in [1.29, 1.82) is 0 Å². The van der Waals surface area contributed by atoms with Crippen LogP contribution in [0.2, 0.25) is 4.34 Å². The third-order valence-corrected chi connectivity index (χ3v) is 5.03. The molecule has 134 valence electrons. The zero-order chi connectivity index (χ0) is 18.2. The SMILES string of the molecule is O=C(O)N1CCN(c2cc(-c3ccc(Cl)s3)c(C(F)(F)F)nn2)CC1. The first-order valence-electron chi connectivity index (χ1n) is 7.19. The Morgan fingerprint density at radius 2 is 1.88 bits per heavy atom. The Morgan fingerprint density at radius 1 is 1.20 bits per heavy atom. The third-order valence-electron chi connectivity index (χ3n) is 3.76. The van der Waals surface area contributed by atoms with Crippen LogP contribution in [-0.2, 0) is 6.18 Å². The Bertz CT molecular complexity index is 791. The first-order valence-corrected chi connectivity index (χ1v) is 8.38. The van der Waals surface area contributed by atoms with Crippen molar-refractivity contribution >= 4 is 34.8 Å². The van der Waals surface area contributed by atoms with Gasteiger partial charge < -0.3 is 14.9 Å². The quantitative estimate of drug-likeness (QED) is 0.844. The topological polar surface area (TPSA) is 69.6 Å². The van der Waals surface area contributed by atoms with E-state index < -0.39 is 18.0 Å². The van der Waals surface area contributed by atoms with E-state index in [0.717, 1.165) is 11.3 Å². The van der Waals surface area contributed by atoms with E-state index in [9.17, 15) is 18.0 Å². The van der Waals surface area contributed by atoms with Crippen LogP contribution < -0.4 is 4.90 Å². The molecule has 3 rings (SSSR count). The Balaban J connectivity index is 1.94. The fraction of sp³-hybridized carbons (Fsp3) is 0.357. The first-order chi connectivity index (χ1) is 11.8. The van der Waals surface area contributed by atoms with E-state index in [2.05, 4.69) is 10.2 Å². The molecule has 0 aromatic carbocycles. The summed E-state index contributed by atoms with van der Waals surface area (Å²) in [7, 11) is 0. The standard InChI is InChI=1S/C14H12ClF3N4O2S/c15-10-2-1-9(25-10)8-7-11(19-20-12(8)14(16,17)18)21-3-5-22(6-4-21)13(23)24/h1-2,7H,3-6H2,(H,23,24). The molecule has 25 heavy (non-hydrogen) atoms. The first kappa shape index (κ1) is 17.7. The van der Waals surface area contributed by atoms with E-state index in [4.69, 9.17) is 16.7 Å². The number of amides is 1. The summed E-state index contributed by atoms with van der Waals surface area (Å²) >= 11 is 6.86. The van der Waals surface area contributed by atoms with E-state index in [-0.39, 0.29) is 24.5 Å². The largest absolute Gasteiger partial charge is 0.465 e. The van der Waals surface area contributed by atoms with Crippen molar-refractivity contribution in [3.63, 3.8) is 0 Å². The Morgan fingerprint density at radius 3 is 2.40 bits per heavy atom. The van der Waals surface area contributed by atoms with Gasteiger partial charge in [-0.05, 0) is 18.2 Å². The van der Waals surface area contributed by atoms with Crippen molar-refractivity contribution in [3.8, 4) is 10.4 Å². The smallest absolute Gasteiger partial charge is 0.435 e. The lowest BCUT2D eigenvalue weighted by Crippen LogP contribution is -2.48. The molecule has 1 aliphatic heterocycles. The van der Waals surface area contributed by atoms with Crippen LogP contribution in [0.5, 0.6) is 0 Å². The van der Waals surface area contributed by atoms with E-state index in [1.165, 1.54) is 23.1 Å². The maximum atomic E-state index is 13.2. The molecule has 0 atom stereocenters. The lowest BCUT2D eigenvalue weighted by molar-refractivity contribution is -0.141. The summed E-state index contributed by atoms with van der Waals surface area (Å²) in [5.41, 5.74) is -1.16. The summed E-state index contributed by atoms with van der Waals surface area (Å²) in [6, 6.07) is 4.35. The van der Waals surface area contributed by atoms with Crippen molar-refractivity contribution in [3.05, 3.63) is 28.2 Å². The number of carboxylic acid groups (broad SMARTS) is 1. The average Bonchev–Trinajstić information content (AvgIpc) is 3.00. The number of nitrogens with zero attached hydrogens (tertiary/aromatic N) is 4. The maximum Gasteiger partial charge on any atom is 0.435 e. The van der Waals surface area contributed by atoms with Gasteiger partial charge in [0.1, 0.15) is 0 Å². The minimum Gasteiger partial charge on any atom is -0.465 e. The number of anilines is 1. The Labute approximate surface area is 149 Å². The number of aromatic nitrogens is 2. The number of piperazine rings is 1. The molecule has 1 fully saturated rings. The number of thiophene rings is 1. The molecule has 11 heteroatoms. The van der Waals surface area contributed by atoms with Gasteiger partial charge >= 0.3 is 12.3 Å². The molecule has 0 saturated carbocycles. The molecule has 0 radical (unpaired) electrons. The molecule has 1 saturated heterocycles. The van der Waals surface area contributed by atoms with Gasteiger partial charge in [-0.2, -0.15) is 13.2 Å². The summed E-state index contributed by atoms with van der Waals surface area (Å²) in [4.78, 5) is 14.2. The number of halogens is 4. The minimum absolute atomic E-state index is 0.0879. The van der Waals surface area contributed by atoms with Gasteiger partial charge in [0.15, 0.2) is 11.5 Å². The van der Waals surface area contributed by atoms with Crippen LogP contribution in [0, 0.1) is 0 Å². The monoisotopic (exact) mass is 392 g/mol. The molecular weight excluding hydrogens is 381 g/mol. The molecule has 0 aliphatic carbocycles. The fourth-order valence-corrected chi connectivity index (χ4v) is 3.58. The van der Waals surface area contributed by atoms with Crippen LogP contribution >= 0.6 is 22.9 Å². The lowest BCUT2D eigenvalue weighted by Gasteiger charge is -2.33. The lowest BCUT2D eigenvalue weighted by atomic mass is 10.1. The molecule has 2 aromatic heterocycles. The van der Waals surface area contributed by atoms with E-state index >= 15 is 0 Å². The Kier molecular flexibility index (Phi) is 4.74. The summed E-state index contributed by atoms with van der Waals surface area (Å²) in [6.45, 7) is 1.16. The van der Waals surface area contributed by atoms with Crippen molar-refractivity contribution in [2.75, 3.05) is 31.1 Å². The molecule has 1 aliphatic rings. The number of hydrogen-bond donors (Lipinski definition) is 1. The van der Waals surface area contributed by atoms with E-state index in [1.54, 1.807) is 4.90 Å². The second-order valence-corrected chi connectivity index (χ2v) is 7.04. The molecule has 1 N–H and O–H groups in total. The summed E-state index contributed by atoms with van der Waals surface area (Å²) in [5.74, 6) is 0.276. The van der Waals surface area contributed by atoms with Gasteiger partial charge in [0.2, 0.25) is 0 Å². The van der Waals surface area contributed by atoms with Gasteiger partial charge in [-0.3, -0.25) is 0 Å². The van der Waals surface area contributed by atoms with Gasteiger partial charge in [0, 0.05) is 36.6 Å². The van der Waals surface area contributed by atoms with Crippen molar-refractivity contribution in [1.82, 2.24) is 15.1 Å². The van der Waals surface area contributed by atoms with E-state index in [0.29, 0.717) is 22.3 Å².